The summed E-state index contributed by atoms with van der Waals surface area (Å²) >= 11 is 0. The van der Waals surface area contributed by atoms with Crippen molar-refractivity contribution in [1.82, 2.24) is 15.0 Å². The number of hydrogen-bond acceptors (Lipinski definition) is 2. The molecule has 0 saturated heterocycles. The second kappa shape index (κ2) is 3.45. The third-order valence-corrected chi connectivity index (χ3v) is 2.65. The van der Waals surface area contributed by atoms with E-state index in [2.05, 4.69) is 15.0 Å². The molecule has 0 amide bonds. The van der Waals surface area contributed by atoms with Gasteiger partial charge in [0.25, 0.3) is 0 Å². The molecule has 0 aliphatic heterocycles. The zero-order valence-electron chi connectivity index (χ0n) is 8.94. The average molecular weight is 209 g/mol. The van der Waals surface area contributed by atoms with Crippen LogP contribution in [-0.2, 0) is 0 Å². The summed E-state index contributed by atoms with van der Waals surface area (Å²) < 4.78 is 0. The molecular formula is C13H11N3. The van der Waals surface area contributed by atoms with E-state index < -0.39 is 0 Å². The molecule has 0 fully saturated rings. The zero-order chi connectivity index (χ0) is 11.0. The zero-order valence-corrected chi connectivity index (χ0v) is 8.94. The molecule has 2 heterocycles. The predicted octanol–water partition coefficient (Wildman–Crippen LogP) is 2.93. The molecule has 3 heteroatoms. The number of nitrogens with one attached hydrogen (secondary N) is 1. The second-order valence-corrected chi connectivity index (χ2v) is 3.74. The summed E-state index contributed by atoms with van der Waals surface area (Å²) in [5.74, 6) is 0.881. The summed E-state index contributed by atoms with van der Waals surface area (Å²) in [6, 6.07) is 12.0. The molecule has 78 valence electrons. The SMILES string of the molecule is Cc1ncccc1-c1nc2ccccc2[nH]1. The van der Waals surface area contributed by atoms with Gasteiger partial charge in [0.1, 0.15) is 5.82 Å². The van der Waals surface area contributed by atoms with E-state index in [9.17, 15) is 0 Å². The molecule has 0 unspecified atom stereocenters. The van der Waals surface area contributed by atoms with Gasteiger partial charge in [-0.1, -0.05) is 12.1 Å². The predicted molar refractivity (Wildman–Crippen MR) is 64.1 cm³/mol. The van der Waals surface area contributed by atoms with E-state index >= 15 is 0 Å². The van der Waals surface area contributed by atoms with Gasteiger partial charge in [-0.25, -0.2) is 4.98 Å². The number of rotatable bonds is 1. The molecule has 16 heavy (non-hydrogen) atoms. The Labute approximate surface area is 93.2 Å². The highest BCUT2D eigenvalue weighted by molar-refractivity contribution is 5.79. The van der Waals surface area contributed by atoms with Crippen molar-refractivity contribution in [2.45, 2.75) is 6.92 Å². The lowest BCUT2D eigenvalue weighted by atomic mass is 10.2. The van der Waals surface area contributed by atoms with Crippen molar-refractivity contribution in [3.63, 3.8) is 0 Å². The number of benzene rings is 1. The van der Waals surface area contributed by atoms with E-state index in [1.54, 1.807) is 6.20 Å². The van der Waals surface area contributed by atoms with Crippen LogP contribution in [0.2, 0.25) is 0 Å². The number of aromatic amines is 1. The largest absolute Gasteiger partial charge is 0.338 e. The fourth-order valence-electron chi connectivity index (χ4n) is 1.81. The number of pyridine rings is 1. The van der Waals surface area contributed by atoms with Gasteiger partial charge < -0.3 is 4.98 Å². The molecule has 0 aliphatic carbocycles. The van der Waals surface area contributed by atoms with Crippen molar-refractivity contribution in [3.8, 4) is 11.4 Å². The fraction of sp³-hybridized carbons (Fsp3) is 0.0769. The molecule has 3 nitrogen and oxygen atoms in total. The van der Waals surface area contributed by atoms with Crippen LogP contribution in [0.4, 0.5) is 0 Å². The molecule has 0 radical (unpaired) electrons. The molecule has 1 aromatic carbocycles. The summed E-state index contributed by atoms with van der Waals surface area (Å²) in [6.45, 7) is 1.99. The lowest BCUT2D eigenvalue weighted by Crippen LogP contribution is -1.87. The summed E-state index contributed by atoms with van der Waals surface area (Å²) in [7, 11) is 0. The van der Waals surface area contributed by atoms with Gasteiger partial charge in [-0.05, 0) is 31.2 Å². The van der Waals surface area contributed by atoms with Gasteiger partial charge in [-0.3, -0.25) is 4.98 Å². The summed E-state index contributed by atoms with van der Waals surface area (Å²) in [5, 5.41) is 0. The molecule has 3 rings (SSSR count). The van der Waals surface area contributed by atoms with E-state index in [0.717, 1.165) is 28.1 Å². The Bertz CT molecular complexity index is 607. The van der Waals surface area contributed by atoms with Gasteiger partial charge in [0, 0.05) is 17.5 Å². The molecule has 0 aliphatic rings. The molecule has 0 saturated carbocycles. The van der Waals surface area contributed by atoms with Crippen LogP contribution in [0.25, 0.3) is 22.4 Å². The highest BCUT2D eigenvalue weighted by Crippen LogP contribution is 2.21. The number of aryl methyl sites for hydroxylation is 1. The van der Waals surface area contributed by atoms with Crippen LogP contribution in [0.5, 0.6) is 0 Å². The normalized spacial score (nSPS) is 10.8. The smallest absolute Gasteiger partial charge is 0.140 e. The van der Waals surface area contributed by atoms with Crippen LogP contribution in [0, 0.1) is 6.92 Å². The minimum atomic E-state index is 0.881. The monoisotopic (exact) mass is 209 g/mol. The van der Waals surface area contributed by atoms with Crippen LogP contribution in [0.3, 0.4) is 0 Å². The maximum absolute atomic E-state index is 4.55. The maximum atomic E-state index is 4.55. The van der Waals surface area contributed by atoms with Gasteiger partial charge in [0.15, 0.2) is 0 Å². The van der Waals surface area contributed by atoms with Crippen molar-refractivity contribution in [2.75, 3.05) is 0 Å². The number of hydrogen-bond donors (Lipinski definition) is 1. The first kappa shape index (κ1) is 9.09. The van der Waals surface area contributed by atoms with Crippen molar-refractivity contribution in [2.24, 2.45) is 0 Å². The average Bonchev–Trinajstić information content (AvgIpc) is 2.73. The number of nitrogens with zero attached hydrogens (tertiary/aromatic N) is 2. The first-order valence-corrected chi connectivity index (χ1v) is 5.21. The summed E-state index contributed by atoms with van der Waals surface area (Å²) in [6.07, 6.45) is 1.79. The Morgan fingerprint density at radius 3 is 2.75 bits per heavy atom. The van der Waals surface area contributed by atoms with Crippen molar-refractivity contribution in [3.05, 3.63) is 48.3 Å². The third kappa shape index (κ3) is 1.37. The summed E-state index contributed by atoms with van der Waals surface area (Å²) in [5.41, 5.74) is 4.08. The summed E-state index contributed by atoms with van der Waals surface area (Å²) in [4.78, 5) is 12.1. The van der Waals surface area contributed by atoms with Crippen LogP contribution in [-0.4, -0.2) is 15.0 Å². The molecule has 0 atom stereocenters. The van der Waals surface area contributed by atoms with Crippen LogP contribution in [0.15, 0.2) is 42.6 Å². The van der Waals surface area contributed by atoms with Crippen LogP contribution in [0.1, 0.15) is 5.69 Å². The van der Waals surface area contributed by atoms with E-state index in [4.69, 9.17) is 0 Å². The lowest BCUT2D eigenvalue weighted by Gasteiger charge is -1.99. The molecule has 0 bridgehead atoms. The Morgan fingerprint density at radius 1 is 1.06 bits per heavy atom. The molecule has 2 aromatic heterocycles. The van der Waals surface area contributed by atoms with E-state index in [1.807, 2.05) is 43.3 Å². The molecule has 1 N–H and O–H groups in total. The Balaban J connectivity index is 2.23. The van der Waals surface area contributed by atoms with Gasteiger partial charge in [0.05, 0.1) is 11.0 Å². The molecular weight excluding hydrogens is 198 g/mol. The fourth-order valence-corrected chi connectivity index (χ4v) is 1.81. The third-order valence-electron chi connectivity index (χ3n) is 2.65. The van der Waals surface area contributed by atoms with Crippen molar-refractivity contribution >= 4 is 11.0 Å². The van der Waals surface area contributed by atoms with E-state index in [0.29, 0.717) is 0 Å². The number of aromatic nitrogens is 3. The highest BCUT2D eigenvalue weighted by Gasteiger charge is 2.06. The Morgan fingerprint density at radius 2 is 1.94 bits per heavy atom. The number of fused-ring (bicyclic) bond motifs is 1. The van der Waals surface area contributed by atoms with E-state index in [-0.39, 0.29) is 0 Å². The van der Waals surface area contributed by atoms with Gasteiger partial charge in [-0.15, -0.1) is 0 Å². The molecule has 0 spiro atoms. The van der Waals surface area contributed by atoms with Gasteiger partial charge >= 0.3 is 0 Å². The van der Waals surface area contributed by atoms with Gasteiger partial charge in [-0.2, -0.15) is 0 Å². The Kier molecular flexibility index (Phi) is 1.96. The van der Waals surface area contributed by atoms with Crippen LogP contribution < -0.4 is 0 Å². The first-order chi connectivity index (χ1) is 7.84. The standard InChI is InChI=1S/C13H11N3/c1-9-10(5-4-8-14-9)13-15-11-6-2-3-7-12(11)16-13/h2-8H,1H3,(H,15,16). The number of H-pyrrole nitrogens is 1. The van der Waals surface area contributed by atoms with Crippen molar-refractivity contribution < 1.29 is 0 Å². The quantitative estimate of drug-likeness (QED) is 0.669. The molecule has 3 aromatic rings. The first-order valence-electron chi connectivity index (χ1n) is 5.21. The van der Waals surface area contributed by atoms with E-state index in [1.165, 1.54) is 0 Å². The number of para-hydroxylation sites is 2. The highest BCUT2D eigenvalue weighted by atomic mass is 14.9. The lowest BCUT2D eigenvalue weighted by molar-refractivity contribution is 1.18. The minimum absolute atomic E-state index is 0.881. The number of imidazole rings is 1. The Hall–Kier alpha value is -2.16. The van der Waals surface area contributed by atoms with Crippen molar-refractivity contribution in [1.29, 1.82) is 0 Å². The second-order valence-electron chi connectivity index (χ2n) is 3.74. The van der Waals surface area contributed by atoms with Gasteiger partial charge in [0.2, 0.25) is 0 Å². The maximum Gasteiger partial charge on any atom is 0.140 e. The minimum Gasteiger partial charge on any atom is -0.338 e. The van der Waals surface area contributed by atoms with Crippen LogP contribution >= 0.6 is 0 Å². The topological polar surface area (TPSA) is 41.6 Å².